The van der Waals surface area contributed by atoms with Gasteiger partial charge in [-0.05, 0) is 76.2 Å². The summed E-state index contributed by atoms with van der Waals surface area (Å²) in [7, 11) is 0. The maximum Gasteiger partial charge on any atom is 0.180 e. The standard InChI is InChI=1S/C50H28N2O3/c1-2-10-29(11-3-1)30-20-22-31(23-21-30)33-14-8-17-37-35-15-9-16-36-38(25-27-44(45(35)36)55-48(33)37)50-51-46(49-47(52-50)39-13-5-7-19-42(39)54-49)32-24-26-43-40(28-32)34-12-4-6-18-41(34)53-43/h1-28H. The molecule has 8 aromatic carbocycles. The zero-order valence-electron chi connectivity index (χ0n) is 29.3. The summed E-state index contributed by atoms with van der Waals surface area (Å²) in [6.45, 7) is 0. The van der Waals surface area contributed by atoms with Crippen LogP contribution in [0, 0.1) is 0 Å². The number of nitrogens with zero attached hydrogens (tertiary/aromatic N) is 2. The van der Waals surface area contributed by atoms with Gasteiger partial charge in [-0.25, -0.2) is 9.97 Å². The summed E-state index contributed by atoms with van der Waals surface area (Å²) >= 11 is 0. The Morgan fingerprint density at radius 2 is 1.04 bits per heavy atom. The zero-order chi connectivity index (χ0) is 36.0. The lowest BCUT2D eigenvalue weighted by atomic mass is 9.89. The molecule has 0 amide bonds. The van der Waals surface area contributed by atoms with E-state index in [1.54, 1.807) is 0 Å². The number of benzene rings is 8. The molecular formula is C50H28N2O3. The summed E-state index contributed by atoms with van der Waals surface area (Å²) in [5.41, 5.74) is 13.2. The molecule has 0 spiro atoms. The van der Waals surface area contributed by atoms with E-state index in [2.05, 4.69) is 121 Å². The van der Waals surface area contributed by atoms with Crippen molar-refractivity contribution in [1.82, 2.24) is 9.97 Å². The molecule has 5 nitrogen and oxygen atoms in total. The zero-order valence-corrected chi connectivity index (χ0v) is 29.3. The van der Waals surface area contributed by atoms with Crippen molar-refractivity contribution in [3.05, 3.63) is 170 Å². The fourth-order valence-corrected chi connectivity index (χ4v) is 8.33. The molecular weight excluding hydrogens is 677 g/mol. The van der Waals surface area contributed by atoms with Gasteiger partial charge in [0.2, 0.25) is 0 Å². The lowest BCUT2D eigenvalue weighted by molar-refractivity contribution is 0.489. The van der Waals surface area contributed by atoms with Gasteiger partial charge in [-0.3, -0.25) is 0 Å². The lowest BCUT2D eigenvalue weighted by Crippen LogP contribution is -2.01. The third-order valence-corrected chi connectivity index (χ3v) is 10.9. The van der Waals surface area contributed by atoms with Gasteiger partial charge in [0.25, 0.3) is 0 Å². The Morgan fingerprint density at radius 1 is 0.382 bits per heavy atom. The maximum absolute atomic E-state index is 6.85. The van der Waals surface area contributed by atoms with E-state index in [-0.39, 0.29) is 0 Å². The van der Waals surface area contributed by atoms with Gasteiger partial charge >= 0.3 is 0 Å². The molecule has 0 fully saturated rings. The molecule has 4 heterocycles. The van der Waals surface area contributed by atoms with Gasteiger partial charge in [-0.2, -0.15) is 0 Å². The summed E-state index contributed by atoms with van der Waals surface area (Å²) in [5, 5.41) is 5.10. The SMILES string of the molecule is c1ccc(-c2ccc(-c3cccc4c3Oc3ccc(-c5nc(-c6ccc7oc8ccccc8c7c6)c6oc7ccccc7c6n5)c5cccc-4c35)cc2)cc1. The number of hydrogen-bond acceptors (Lipinski definition) is 5. The predicted molar refractivity (Wildman–Crippen MR) is 221 cm³/mol. The van der Waals surface area contributed by atoms with Crippen LogP contribution >= 0.6 is 0 Å². The second kappa shape index (κ2) is 11.5. The van der Waals surface area contributed by atoms with Gasteiger partial charge in [0.05, 0.1) is 0 Å². The summed E-state index contributed by atoms with van der Waals surface area (Å²) < 4.78 is 19.5. The minimum Gasteiger partial charge on any atom is -0.456 e. The average molecular weight is 705 g/mol. The topological polar surface area (TPSA) is 61.3 Å². The second-order valence-electron chi connectivity index (χ2n) is 14.0. The van der Waals surface area contributed by atoms with Gasteiger partial charge < -0.3 is 13.6 Å². The summed E-state index contributed by atoms with van der Waals surface area (Å²) in [6, 6.07) is 58.5. The van der Waals surface area contributed by atoms with Gasteiger partial charge in [0.1, 0.15) is 39.5 Å². The van der Waals surface area contributed by atoms with E-state index < -0.39 is 0 Å². The number of hydrogen-bond donors (Lipinski definition) is 0. The molecule has 3 aromatic heterocycles. The molecule has 0 bridgehead atoms. The highest BCUT2D eigenvalue weighted by atomic mass is 16.5. The summed E-state index contributed by atoms with van der Waals surface area (Å²) in [5.74, 6) is 2.28. The van der Waals surface area contributed by atoms with Crippen molar-refractivity contribution in [2.75, 3.05) is 0 Å². The van der Waals surface area contributed by atoms with E-state index in [4.69, 9.17) is 23.5 Å². The van der Waals surface area contributed by atoms with Gasteiger partial charge in [-0.1, -0.05) is 121 Å². The van der Waals surface area contributed by atoms with Crippen molar-refractivity contribution in [1.29, 1.82) is 0 Å². The van der Waals surface area contributed by atoms with Gasteiger partial charge in [0.15, 0.2) is 11.4 Å². The Hall–Kier alpha value is -7.50. The van der Waals surface area contributed by atoms with Crippen molar-refractivity contribution in [2.24, 2.45) is 0 Å². The minimum atomic E-state index is 0.618. The van der Waals surface area contributed by atoms with Crippen LogP contribution in [-0.2, 0) is 0 Å². The number of fused-ring (bicyclic) bond motifs is 8. The minimum absolute atomic E-state index is 0.618. The first-order valence-electron chi connectivity index (χ1n) is 18.4. The Labute approximate surface area is 314 Å². The van der Waals surface area contributed by atoms with E-state index >= 15 is 0 Å². The molecule has 0 N–H and O–H groups in total. The Balaban J connectivity index is 1.03. The Kier molecular flexibility index (Phi) is 6.27. The van der Waals surface area contributed by atoms with Crippen molar-refractivity contribution in [3.63, 3.8) is 0 Å². The van der Waals surface area contributed by atoms with Gasteiger partial charge in [-0.15, -0.1) is 0 Å². The first-order valence-corrected chi connectivity index (χ1v) is 18.4. The Morgan fingerprint density at radius 3 is 1.91 bits per heavy atom. The van der Waals surface area contributed by atoms with Crippen molar-refractivity contribution < 1.29 is 13.6 Å². The number of furan rings is 2. The van der Waals surface area contributed by atoms with Crippen molar-refractivity contribution >= 4 is 54.8 Å². The highest BCUT2D eigenvalue weighted by Crippen LogP contribution is 2.52. The van der Waals surface area contributed by atoms with Gasteiger partial charge in [0, 0.05) is 43.8 Å². The molecule has 11 aromatic rings. The molecule has 12 rings (SSSR count). The van der Waals surface area contributed by atoms with E-state index in [0.29, 0.717) is 11.4 Å². The van der Waals surface area contributed by atoms with Crippen LogP contribution in [0.15, 0.2) is 179 Å². The third-order valence-electron chi connectivity index (χ3n) is 10.9. The molecule has 5 heteroatoms. The van der Waals surface area contributed by atoms with E-state index in [1.165, 1.54) is 11.1 Å². The monoisotopic (exact) mass is 704 g/mol. The fourth-order valence-electron chi connectivity index (χ4n) is 8.33. The van der Waals surface area contributed by atoms with E-state index in [1.807, 2.05) is 48.5 Å². The van der Waals surface area contributed by atoms with Crippen LogP contribution in [0.5, 0.6) is 11.5 Å². The highest BCUT2D eigenvalue weighted by Gasteiger charge is 2.26. The number of ether oxygens (including phenoxy) is 1. The maximum atomic E-state index is 6.85. The van der Waals surface area contributed by atoms with E-state index in [0.717, 1.165) is 99.8 Å². The van der Waals surface area contributed by atoms with Crippen LogP contribution in [-0.4, -0.2) is 9.97 Å². The molecule has 55 heavy (non-hydrogen) atoms. The van der Waals surface area contributed by atoms with Crippen LogP contribution in [0.4, 0.5) is 0 Å². The number of aromatic nitrogens is 2. The molecule has 0 unspecified atom stereocenters. The third kappa shape index (κ3) is 4.53. The first-order chi connectivity index (χ1) is 27.2. The lowest BCUT2D eigenvalue weighted by Gasteiger charge is -2.24. The molecule has 256 valence electrons. The van der Waals surface area contributed by atoms with Crippen LogP contribution < -0.4 is 4.74 Å². The predicted octanol–water partition coefficient (Wildman–Crippen LogP) is 13.9. The quantitative estimate of drug-likeness (QED) is 0.182. The first kappa shape index (κ1) is 30.0. The van der Waals surface area contributed by atoms with Crippen LogP contribution in [0.3, 0.4) is 0 Å². The average Bonchev–Trinajstić information content (AvgIpc) is 3.82. The highest BCUT2D eigenvalue weighted by molar-refractivity contribution is 6.13. The van der Waals surface area contributed by atoms with E-state index in [9.17, 15) is 0 Å². The smallest absolute Gasteiger partial charge is 0.180 e. The normalized spacial score (nSPS) is 12.1. The Bertz CT molecular complexity index is 3340. The molecule has 1 aliphatic rings. The molecule has 0 radical (unpaired) electrons. The molecule has 0 saturated heterocycles. The van der Waals surface area contributed by atoms with Crippen molar-refractivity contribution in [2.45, 2.75) is 0 Å². The summed E-state index contributed by atoms with van der Waals surface area (Å²) in [6.07, 6.45) is 0. The summed E-state index contributed by atoms with van der Waals surface area (Å²) in [4.78, 5) is 10.6. The van der Waals surface area contributed by atoms with Crippen LogP contribution in [0.25, 0.3) is 111 Å². The van der Waals surface area contributed by atoms with Crippen molar-refractivity contribution in [3.8, 4) is 67.5 Å². The molecule has 0 saturated carbocycles. The molecule has 0 atom stereocenters. The largest absolute Gasteiger partial charge is 0.456 e. The fraction of sp³-hybridized carbons (Fsp3) is 0. The second-order valence-corrected chi connectivity index (χ2v) is 14.0. The van der Waals surface area contributed by atoms with Crippen LogP contribution in [0.2, 0.25) is 0 Å². The molecule has 0 aliphatic carbocycles. The molecule has 1 aliphatic heterocycles. The number of rotatable bonds is 4. The number of para-hydroxylation sites is 3. The van der Waals surface area contributed by atoms with Crippen LogP contribution in [0.1, 0.15) is 0 Å².